The molecule has 0 aromatic carbocycles. The van der Waals surface area contributed by atoms with E-state index in [0.29, 0.717) is 6.42 Å². The molecular weight excluding hydrogens is 173 g/mol. The van der Waals surface area contributed by atoms with Crippen molar-refractivity contribution in [2.24, 2.45) is 0 Å². The number of aliphatic hydroxyl groups is 1. The highest BCUT2D eigenvalue weighted by Gasteiger charge is 2.34. The summed E-state index contributed by atoms with van der Waals surface area (Å²) in [6.45, 7) is 0.224. The van der Waals surface area contributed by atoms with Crippen LogP contribution in [0.1, 0.15) is 19.3 Å². The summed E-state index contributed by atoms with van der Waals surface area (Å²) in [4.78, 5) is 0. The summed E-state index contributed by atoms with van der Waals surface area (Å²) < 4.78 is 40.3. The highest BCUT2D eigenvalue weighted by molar-refractivity contribution is 4.72. The van der Waals surface area contributed by atoms with Crippen LogP contribution in [0.4, 0.5) is 13.2 Å². The van der Waals surface area contributed by atoms with Crippen LogP contribution >= 0.6 is 0 Å². The average Bonchev–Trinajstić information content (AvgIpc) is 1.82. The van der Waals surface area contributed by atoms with Crippen LogP contribution < -0.4 is 0 Å². The van der Waals surface area contributed by atoms with Crippen molar-refractivity contribution in [3.05, 3.63) is 0 Å². The van der Waals surface area contributed by atoms with Crippen molar-refractivity contribution in [3.63, 3.8) is 0 Å². The molecule has 1 heterocycles. The first-order valence-electron chi connectivity index (χ1n) is 3.84. The van der Waals surface area contributed by atoms with Crippen molar-refractivity contribution < 1.29 is 23.0 Å². The van der Waals surface area contributed by atoms with Gasteiger partial charge in [-0.15, -0.1) is 0 Å². The molecule has 1 unspecified atom stereocenters. The van der Waals surface area contributed by atoms with E-state index in [1.54, 1.807) is 0 Å². The van der Waals surface area contributed by atoms with E-state index in [-0.39, 0.29) is 13.0 Å². The second-order valence-electron chi connectivity index (χ2n) is 2.99. The standard InChI is InChI=1S/C7H11F3O2/c8-7(9,10)4-6-3-5(11)1-2-12-6/h5-6,11H,1-4H2/t5-,6?/m1/s1. The quantitative estimate of drug-likeness (QED) is 0.668. The molecule has 2 atom stereocenters. The van der Waals surface area contributed by atoms with Gasteiger partial charge in [-0.05, 0) is 12.8 Å². The average molecular weight is 184 g/mol. The SMILES string of the molecule is O[C@@H]1CCOC(CC(F)(F)F)C1. The van der Waals surface area contributed by atoms with E-state index in [9.17, 15) is 13.2 Å². The summed E-state index contributed by atoms with van der Waals surface area (Å²) in [5, 5.41) is 9.03. The normalized spacial score (nSPS) is 32.0. The zero-order chi connectivity index (χ0) is 9.19. The van der Waals surface area contributed by atoms with E-state index in [1.165, 1.54) is 0 Å². The number of alkyl halides is 3. The lowest BCUT2D eigenvalue weighted by Crippen LogP contribution is -2.32. The molecule has 5 heteroatoms. The summed E-state index contributed by atoms with van der Waals surface area (Å²) >= 11 is 0. The van der Waals surface area contributed by atoms with Gasteiger partial charge in [-0.2, -0.15) is 13.2 Å². The third kappa shape index (κ3) is 3.40. The number of hydrogen-bond acceptors (Lipinski definition) is 2. The molecule has 1 N–H and O–H groups in total. The molecule has 0 bridgehead atoms. The van der Waals surface area contributed by atoms with Crippen LogP contribution in [0, 0.1) is 0 Å². The molecule has 0 amide bonds. The molecule has 1 saturated heterocycles. The van der Waals surface area contributed by atoms with Crippen LogP contribution in [0.25, 0.3) is 0 Å². The summed E-state index contributed by atoms with van der Waals surface area (Å²) in [5.74, 6) is 0. The maximum Gasteiger partial charge on any atom is 0.391 e. The Morgan fingerprint density at radius 2 is 2.08 bits per heavy atom. The summed E-state index contributed by atoms with van der Waals surface area (Å²) in [6.07, 6.45) is -6.10. The Labute approximate surface area is 68.3 Å². The molecule has 2 nitrogen and oxygen atoms in total. The molecule has 0 radical (unpaired) electrons. The van der Waals surface area contributed by atoms with Crippen molar-refractivity contribution in [1.29, 1.82) is 0 Å². The maximum atomic E-state index is 11.8. The number of hydrogen-bond donors (Lipinski definition) is 1. The molecule has 1 rings (SSSR count). The topological polar surface area (TPSA) is 29.5 Å². The van der Waals surface area contributed by atoms with Gasteiger partial charge in [0, 0.05) is 6.61 Å². The fraction of sp³-hybridized carbons (Fsp3) is 1.00. The van der Waals surface area contributed by atoms with Gasteiger partial charge in [0.1, 0.15) is 0 Å². The Bertz CT molecular complexity index is 146. The van der Waals surface area contributed by atoms with Crippen molar-refractivity contribution in [3.8, 4) is 0 Å². The van der Waals surface area contributed by atoms with Crippen molar-refractivity contribution in [2.75, 3.05) is 6.61 Å². The lowest BCUT2D eigenvalue weighted by molar-refractivity contribution is -0.172. The van der Waals surface area contributed by atoms with Crippen LogP contribution in [-0.2, 0) is 4.74 Å². The molecule has 1 aliphatic rings. The molecule has 1 fully saturated rings. The minimum absolute atomic E-state index is 0.0967. The Morgan fingerprint density at radius 1 is 1.42 bits per heavy atom. The van der Waals surface area contributed by atoms with Crippen LogP contribution in [0.5, 0.6) is 0 Å². The number of ether oxygens (including phenoxy) is 1. The first-order chi connectivity index (χ1) is 5.47. The van der Waals surface area contributed by atoms with E-state index in [0.717, 1.165) is 0 Å². The smallest absolute Gasteiger partial charge is 0.391 e. The van der Waals surface area contributed by atoms with Gasteiger partial charge < -0.3 is 9.84 Å². The van der Waals surface area contributed by atoms with Crippen molar-refractivity contribution in [2.45, 2.75) is 37.6 Å². The van der Waals surface area contributed by atoms with Gasteiger partial charge in [-0.1, -0.05) is 0 Å². The van der Waals surface area contributed by atoms with Crippen LogP contribution in [0.3, 0.4) is 0 Å². The van der Waals surface area contributed by atoms with E-state index >= 15 is 0 Å². The molecule has 1 aliphatic heterocycles. The fourth-order valence-corrected chi connectivity index (χ4v) is 1.26. The maximum absolute atomic E-state index is 11.8. The molecule has 0 aliphatic carbocycles. The monoisotopic (exact) mass is 184 g/mol. The highest BCUT2D eigenvalue weighted by Crippen LogP contribution is 2.27. The van der Waals surface area contributed by atoms with E-state index in [4.69, 9.17) is 9.84 Å². The predicted molar refractivity (Wildman–Crippen MR) is 35.7 cm³/mol. The molecule has 12 heavy (non-hydrogen) atoms. The summed E-state index contributed by atoms with van der Waals surface area (Å²) in [6, 6.07) is 0. The molecule has 0 saturated carbocycles. The van der Waals surface area contributed by atoms with E-state index < -0.39 is 24.8 Å². The minimum Gasteiger partial charge on any atom is -0.393 e. The predicted octanol–water partition coefficient (Wildman–Crippen LogP) is 1.48. The lowest BCUT2D eigenvalue weighted by atomic mass is 10.0. The Kier molecular flexibility index (Phi) is 2.95. The zero-order valence-corrected chi connectivity index (χ0v) is 6.47. The van der Waals surface area contributed by atoms with Gasteiger partial charge in [0.2, 0.25) is 0 Å². The zero-order valence-electron chi connectivity index (χ0n) is 6.47. The van der Waals surface area contributed by atoms with Crippen LogP contribution in [0.15, 0.2) is 0 Å². The van der Waals surface area contributed by atoms with Crippen molar-refractivity contribution in [1.82, 2.24) is 0 Å². The minimum atomic E-state index is -4.19. The van der Waals surface area contributed by atoms with Gasteiger partial charge in [0.05, 0.1) is 18.6 Å². The summed E-state index contributed by atoms with van der Waals surface area (Å²) in [7, 11) is 0. The second-order valence-corrected chi connectivity index (χ2v) is 2.99. The summed E-state index contributed by atoms with van der Waals surface area (Å²) in [5.41, 5.74) is 0. The fourth-order valence-electron chi connectivity index (χ4n) is 1.26. The third-order valence-electron chi connectivity index (χ3n) is 1.80. The Balaban J connectivity index is 2.32. The first-order valence-corrected chi connectivity index (χ1v) is 3.84. The number of aliphatic hydroxyl groups excluding tert-OH is 1. The third-order valence-corrected chi connectivity index (χ3v) is 1.80. The lowest BCUT2D eigenvalue weighted by Gasteiger charge is -2.26. The largest absolute Gasteiger partial charge is 0.393 e. The molecule has 0 aromatic heterocycles. The van der Waals surface area contributed by atoms with Gasteiger partial charge in [0.15, 0.2) is 0 Å². The van der Waals surface area contributed by atoms with Gasteiger partial charge >= 0.3 is 6.18 Å². The van der Waals surface area contributed by atoms with Crippen molar-refractivity contribution >= 4 is 0 Å². The molecular formula is C7H11F3O2. The van der Waals surface area contributed by atoms with E-state index in [2.05, 4.69) is 0 Å². The molecule has 0 aromatic rings. The Morgan fingerprint density at radius 3 is 2.58 bits per heavy atom. The second kappa shape index (κ2) is 3.62. The van der Waals surface area contributed by atoms with Gasteiger partial charge in [-0.25, -0.2) is 0 Å². The van der Waals surface area contributed by atoms with Gasteiger partial charge in [-0.3, -0.25) is 0 Å². The van der Waals surface area contributed by atoms with E-state index in [1.807, 2.05) is 0 Å². The highest BCUT2D eigenvalue weighted by atomic mass is 19.4. The Hall–Kier alpha value is -0.290. The van der Waals surface area contributed by atoms with Gasteiger partial charge in [0.25, 0.3) is 0 Å². The molecule has 0 spiro atoms. The molecule has 72 valence electrons. The number of halogens is 3. The number of rotatable bonds is 1. The van der Waals surface area contributed by atoms with Crippen LogP contribution in [-0.4, -0.2) is 30.1 Å². The first kappa shape index (κ1) is 9.80. The van der Waals surface area contributed by atoms with Crippen LogP contribution in [0.2, 0.25) is 0 Å².